The number of likely N-dealkylation sites (tertiary alicyclic amines) is 1. The molecule has 3 atom stereocenters. The van der Waals surface area contributed by atoms with Gasteiger partial charge in [0.05, 0.1) is 36.0 Å². The minimum atomic E-state index is -3.50. The maximum Gasteiger partial charge on any atom is 0.287 e. The average Bonchev–Trinajstić information content (AvgIpc) is 3.79. The number of amides is 4. The highest BCUT2D eigenvalue weighted by Gasteiger charge is 2.50. The number of ether oxygens (including phenoxy) is 1. The van der Waals surface area contributed by atoms with Crippen molar-refractivity contribution in [2.75, 3.05) is 26.0 Å². The third-order valence-electron chi connectivity index (χ3n) is 11.1. The summed E-state index contributed by atoms with van der Waals surface area (Å²) in [6.07, 6.45) is 10.1. The van der Waals surface area contributed by atoms with E-state index < -0.39 is 68.5 Å². The Kier molecular flexibility index (Phi) is 10.8. The molecule has 5 N–H and O–H groups in total. The number of carbonyl (C=O) groups is 5. The number of hydrogen-bond donors (Lipinski definition) is 4. The van der Waals surface area contributed by atoms with E-state index in [1.807, 2.05) is 0 Å². The zero-order valence-electron chi connectivity index (χ0n) is 29.3. The van der Waals surface area contributed by atoms with Gasteiger partial charge in [-0.15, -0.1) is 5.10 Å². The number of primary amides is 1. The molecule has 2 aliphatic carbocycles. The number of nitrogens with one attached hydrogen (secondary N) is 2. The molecule has 0 spiro atoms. The van der Waals surface area contributed by atoms with Gasteiger partial charge in [-0.05, 0) is 49.4 Å². The monoisotopic (exact) mass is 741 g/mol. The van der Waals surface area contributed by atoms with Crippen molar-refractivity contribution in [2.45, 2.75) is 111 Å². The molecule has 1 aromatic carbocycles. The molecule has 3 heterocycles. The van der Waals surface area contributed by atoms with Gasteiger partial charge in [0, 0.05) is 24.8 Å². The maximum atomic E-state index is 14.8. The Hall–Kier alpha value is -4.22. The first-order chi connectivity index (χ1) is 24.7. The maximum absolute atomic E-state index is 14.8. The Morgan fingerprint density at radius 1 is 1.02 bits per heavy atom. The van der Waals surface area contributed by atoms with E-state index in [-0.39, 0.29) is 55.4 Å². The van der Waals surface area contributed by atoms with Crippen molar-refractivity contribution in [2.24, 2.45) is 11.7 Å². The summed E-state index contributed by atoms with van der Waals surface area (Å²) < 4.78 is 30.8. The SMILES string of the molecule is CS(=O)(=O)c1ccc(C(=O)N[C@H](CC2CCCCC2)C(=O)N2CC(n3nncc3C3(O)COC3)CC2C(=O)NC2(C(=O)C(N)=O)CCCCC2)cc1. The van der Waals surface area contributed by atoms with Gasteiger partial charge in [-0.25, -0.2) is 13.1 Å². The minimum absolute atomic E-state index is 0.0259. The van der Waals surface area contributed by atoms with E-state index in [1.54, 1.807) is 0 Å². The van der Waals surface area contributed by atoms with Crippen LogP contribution in [-0.2, 0) is 39.4 Å². The van der Waals surface area contributed by atoms with E-state index in [0.717, 1.165) is 44.8 Å². The molecule has 6 rings (SSSR count). The summed E-state index contributed by atoms with van der Waals surface area (Å²) in [7, 11) is -3.50. The van der Waals surface area contributed by atoms with E-state index >= 15 is 0 Å². The fraction of sp³-hybridized carbons (Fsp3) is 0.629. The molecule has 17 heteroatoms. The summed E-state index contributed by atoms with van der Waals surface area (Å²) in [5.74, 6) is -3.63. The number of sulfone groups is 1. The predicted octanol–water partition coefficient (Wildman–Crippen LogP) is 0.684. The topological polar surface area (TPSA) is 233 Å². The molecule has 4 amide bonds. The number of nitrogens with two attached hydrogens (primary N) is 1. The minimum Gasteiger partial charge on any atom is -0.379 e. The predicted molar refractivity (Wildman–Crippen MR) is 184 cm³/mol. The Morgan fingerprint density at radius 3 is 2.27 bits per heavy atom. The number of hydrogen-bond acceptors (Lipinski definition) is 11. The van der Waals surface area contributed by atoms with Crippen LogP contribution in [0.2, 0.25) is 0 Å². The van der Waals surface area contributed by atoms with Gasteiger partial charge in [-0.3, -0.25) is 24.0 Å². The molecule has 0 bridgehead atoms. The zero-order chi connectivity index (χ0) is 37.3. The number of rotatable bonds is 12. The number of Topliss-reactive ketones (excluding diaryl/α,β-unsaturated/α-hetero) is 1. The van der Waals surface area contributed by atoms with Crippen molar-refractivity contribution in [3.05, 3.63) is 41.7 Å². The van der Waals surface area contributed by atoms with Gasteiger partial charge >= 0.3 is 0 Å². The standard InChI is InChI=1S/C35H47N7O9S/c1-52(49,50)25-12-10-23(11-13-25)31(45)38-26(16-22-8-4-2-5-9-22)33(47)41-19-24(42-28(18-37-40-42)35(48)20-51-21-35)17-27(41)32(46)39-34(29(43)30(36)44)14-6-3-7-15-34/h10-13,18,22,24,26-27,48H,2-9,14-17,19-21H2,1H3,(H2,36,44)(H,38,45)(H,39,46)/t24?,26-,27?/m1/s1. The van der Waals surface area contributed by atoms with Crippen molar-refractivity contribution in [1.82, 2.24) is 30.5 Å². The van der Waals surface area contributed by atoms with Crippen LogP contribution in [0.25, 0.3) is 0 Å². The van der Waals surface area contributed by atoms with E-state index in [4.69, 9.17) is 10.5 Å². The van der Waals surface area contributed by atoms with Crippen LogP contribution < -0.4 is 16.4 Å². The van der Waals surface area contributed by atoms with Crippen molar-refractivity contribution in [3.8, 4) is 0 Å². The van der Waals surface area contributed by atoms with Crippen molar-refractivity contribution >= 4 is 39.2 Å². The summed E-state index contributed by atoms with van der Waals surface area (Å²) in [5.41, 5.74) is 3.13. The van der Waals surface area contributed by atoms with Gasteiger partial charge in [0.2, 0.25) is 17.6 Å². The molecule has 2 aliphatic heterocycles. The van der Waals surface area contributed by atoms with Gasteiger partial charge in [0.1, 0.15) is 17.6 Å². The van der Waals surface area contributed by atoms with Crippen LogP contribution >= 0.6 is 0 Å². The summed E-state index contributed by atoms with van der Waals surface area (Å²) in [4.78, 5) is 69.5. The van der Waals surface area contributed by atoms with Crippen LogP contribution in [0.1, 0.15) is 99.1 Å². The molecule has 52 heavy (non-hydrogen) atoms. The number of nitrogens with zero attached hydrogens (tertiary/aromatic N) is 4. The largest absolute Gasteiger partial charge is 0.379 e. The fourth-order valence-corrected chi connectivity index (χ4v) is 8.80. The van der Waals surface area contributed by atoms with Gasteiger partial charge in [0.15, 0.2) is 15.4 Å². The molecule has 2 aromatic rings. The van der Waals surface area contributed by atoms with Gasteiger partial charge in [-0.2, -0.15) is 0 Å². The lowest BCUT2D eigenvalue weighted by Crippen LogP contribution is -2.62. The van der Waals surface area contributed by atoms with E-state index in [1.165, 1.54) is 40.0 Å². The normalized spacial score (nSPS) is 23.6. The molecule has 2 saturated carbocycles. The summed E-state index contributed by atoms with van der Waals surface area (Å²) >= 11 is 0. The van der Waals surface area contributed by atoms with E-state index in [2.05, 4.69) is 20.9 Å². The highest BCUT2D eigenvalue weighted by atomic mass is 32.2. The lowest BCUT2D eigenvalue weighted by Gasteiger charge is -2.38. The number of benzene rings is 1. The second kappa shape index (κ2) is 15.0. The number of carbonyl (C=O) groups excluding carboxylic acids is 5. The molecule has 16 nitrogen and oxygen atoms in total. The molecule has 4 aliphatic rings. The van der Waals surface area contributed by atoms with Crippen LogP contribution in [0, 0.1) is 5.92 Å². The van der Waals surface area contributed by atoms with E-state index in [0.29, 0.717) is 25.0 Å². The van der Waals surface area contributed by atoms with Crippen LogP contribution in [0.15, 0.2) is 35.4 Å². The molecule has 2 saturated heterocycles. The summed E-state index contributed by atoms with van der Waals surface area (Å²) in [6, 6.07) is 2.63. The molecule has 0 radical (unpaired) electrons. The first-order valence-corrected chi connectivity index (χ1v) is 19.9. The third-order valence-corrected chi connectivity index (χ3v) is 12.2. The van der Waals surface area contributed by atoms with Crippen molar-refractivity contribution in [1.29, 1.82) is 0 Å². The van der Waals surface area contributed by atoms with Gasteiger partial charge in [-0.1, -0.05) is 56.6 Å². The molecule has 4 fully saturated rings. The molecule has 282 valence electrons. The second-order valence-corrected chi connectivity index (χ2v) is 16.9. The summed E-state index contributed by atoms with van der Waals surface area (Å²) in [6.45, 7) is 0.0250. The zero-order valence-corrected chi connectivity index (χ0v) is 30.1. The first kappa shape index (κ1) is 37.5. The van der Waals surface area contributed by atoms with Crippen LogP contribution in [0.3, 0.4) is 0 Å². The van der Waals surface area contributed by atoms with Crippen LogP contribution in [-0.4, -0.2) is 106 Å². The molecular weight excluding hydrogens is 694 g/mol. The van der Waals surface area contributed by atoms with Crippen molar-refractivity contribution < 1.29 is 42.2 Å². The van der Waals surface area contributed by atoms with Gasteiger partial charge < -0.3 is 31.1 Å². The first-order valence-electron chi connectivity index (χ1n) is 18.0. The van der Waals surface area contributed by atoms with Gasteiger partial charge in [0.25, 0.3) is 11.8 Å². The smallest absolute Gasteiger partial charge is 0.287 e. The fourth-order valence-electron chi connectivity index (χ4n) is 8.17. The Morgan fingerprint density at radius 2 is 1.67 bits per heavy atom. The van der Waals surface area contributed by atoms with Crippen LogP contribution in [0.4, 0.5) is 0 Å². The van der Waals surface area contributed by atoms with E-state index in [9.17, 15) is 37.5 Å². The molecular formula is C35H47N7O9S. The highest BCUT2D eigenvalue weighted by molar-refractivity contribution is 7.90. The average molecular weight is 742 g/mol. The lowest BCUT2D eigenvalue weighted by molar-refractivity contribution is -0.189. The number of ketones is 1. The van der Waals surface area contributed by atoms with Crippen molar-refractivity contribution in [3.63, 3.8) is 0 Å². The highest BCUT2D eigenvalue weighted by Crippen LogP contribution is 2.37. The lowest BCUT2D eigenvalue weighted by atomic mass is 9.78. The number of aliphatic hydroxyl groups is 1. The Balaban J connectivity index is 1.32. The quantitative estimate of drug-likeness (QED) is 0.221. The Labute approximate surface area is 302 Å². The number of aromatic nitrogens is 3. The molecule has 2 unspecified atom stereocenters. The summed E-state index contributed by atoms with van der Waals surface area (Å²) in [5, 5.41) is 25.1. The third kappa shape index (κ3) is 7.76. The molecule has 1 aromatic heterocycles. The van der Waals surface area contributed by atoms with Crippen LogP contribution in [0.5, 0.6) is 0 Å². The Bertz CT molecular complexity index is 1800. The second-order valence-electron chi connectivity index (χ2n) is 14.9.